The van der Waals surface area contributed by atoms with Gasteiger partial charge in [-0.15, -0.1) is 0 Å². The third kappa shape index (κ3) is 4.11. The van der Waals surface area contributed by atoms with E-state index >= 15 is 0 Å². The number of nitrogens with zero attached hydrogens (tertiary/aromatic N) is 2. The van der Waals surface area contributed by atoms with Gasteiger partial charge in [-0.1, -0.05) is 0 Å². The maximum absolute atomic E-state index is 11.8. The summed E-state index contributed by atoms with van der Waals surface area (Å²) in [5, 5.41) is 10.4. The van der Waals surface area contributed by atoms with Crippen molar-refractivity contribution in [3.05, 3.63) is 24.3 Å². The molecule has 0 aliphatic carbocycles. The molecule has 21 heavy (non-hydrogen) atoms. The highest BCUT2D eigenvalue weighted by Crippen LogP contribution is 2.20. The number of hydrogen-bond donors (Lipinski definition) is 0. The van der Waals surface area contributed by atoms with Crippen molar-refractivity contribution in [3.8, 4) is 5.75 Å². The summed E-state index contributed by atoms with van der Waals surface area (Å²) < 4.78 is 5.13. The van der Waals surface area contributed by atoms with Gasteiger partial charge in [0.05, 0.1) is 7.11 Å². The highest BCUT2D eigenvalue weighted by atomic mass is 16.5. The first-order valence-electron chi connectivity index (χ1n) is 6.97. The van der Waals surface area contributed by atoms with Crippen LogP contribution in [0.2, 0.25) is 0 Å². The molecule has 2 rings (SSSR count). The standard InChI is InChI=1S/C15H20N2O4/c1-21-13-4-2-12(3-5-13)16-8-10-17(11-9-16)14(18)6-7-15(19)20/h2-5H,6-11H2,1H3,(H,19,20)/p-1. The predicted molar refractivity (Wildman–Crippen MR) is 76.0 cm³/mol. The van der Waals surface area contributed by atoms with Gasteiger partial charge in [0.15, 0.2) is 0 Å². The molecule has 0 unspecified atom stereocenters. The van der Waals surface area contributed by atoms with E-state index in [1.165, 1.54) is 0 Å². The first kappa shape index (κ1) is 15.2. The molecule has 0 aromatic heterocycles. The van der Waals surface area contributed by atoms with Gasteiger partial charge in [0, 0.05) is 44.3 Å². The molecule has 1 aliphatic heterocycles. The number of rotatable bonds is 5. The number of benzene rings is 1. The highest BCUT2D eigenvalue weighted by molar-refractivity contribution is 5.80. The van der Waals surface area contributed by atoms with Crippen molar-refractivity contribution in [3.63, 3.8) is 0 Å². The summed E-state index contributed by atoms with van der Waals surface area (Å²) in [6.45, 7) is 2.70. The maximum Gasteiger partial charge on any atom is 0.223 e. The Hall–Kier alpha value is -2.24. The third-order valence-corrected chi connectivity index (χ3v) is 3.61. The summed E-state index contributed by atoms with van der Waals surface area (Å²) in [5.41, 5.74) is 1.10. The number of carbonyl (C=O) groups excluding carboxylic acids is 2. The molecule has 1 aromatic carbocycles. The van der Waals surface area contributed by atoms with Crippen LogP contribution in [-0.2, 0) is 9.59 Å². The van der Waals surface area contributed by atoms with Crippen molar-refractivity contribution >= 4 is 17.6 Å². The van der Waals surface area contributed by atoms with Crippen LogP contribution in [0.3, 0.4) is 0 Å². The molecule has 6 nitrogen and oxygen atoms in total. The number of amides is 1. The maximum atomic E-state index is 11.8. The third-order valence-electron chi connectivity index (χ3n) is 3.61. The van der Waals surface area contributed by atoms with Crippen molar-refractivity contribution in [2.75, 3.05) is 38.2 Å². The first-order valence-corrected chi connectivity index (χ1v) is 6.97. The quantitative estimate of drug-likeness (QED) is 0.756. The van der Waals surface area contributed by atoms with Gasteiger partial charge in [-0.3, -0.25) is 4.79 Å². The Morgan fingerprint density at radius 1 is 1.10 bits per heavy atom. The fourth-order valence-corrected chi connectivity index (χ4v) is 2.37. The van der Waals surface area contributed by atoms with Crippen molar-refractivity contribution in [1.82, 2.24) is 4.90 Å². The Morgan fingerprint density at radius 2 is 1.71 bits per heavy atom. The Morgan fingerprint density at radius 3 is 2.24 bits per heavy atom. The van der Waals surface area contributed by atoms with E-state index in [2.05, 4.69) is 4.90 Å². The second kappa shape index (κ2) is 6.97. The van der Waals surface area contributed by atoms with Crippen LogP contribution >= 0.6 is 0 Å². The van der Waals surface area contributed by atoms with Crippen LogP contribution in [0.5, 0.6) is 5.75 Å². The minimum absolute atomic E-state index is 0.0187. The van der Waals surface area contributed by atoms with E-state index < -0.39 is 5.97 Å². The molecule has 1 heterocycles. The van der Waals surface area contributed by atoms with Gasteiger partial charge in [0.25, 0.3) is 0 Å². The lowest BCUT2D eigenvalue weighted by atomic mass is 10.2. The second-order valence-corrected chi connectivity index (χ2v) is 4.94. The molecule has 1 aromatic rings. The molecule has 0 bridgehead atoms. The minimum atomic E-state index is -1.18. The van der Waals surface area contributed by atoms with Crippen LogP contribution in [-0.4, -0.2) is 50.1 Å². The molecule has 0 saturated carbocycles. The van der Waals surface area contributed by atoms with E-state index in [1.54, 1.807) is 12.0 Å². The number of hydrogen-bond acceptors (Lipinski definition) is 5. The molecule has 6 heteroatoms. The summed E-state index contributed by atoms with van der Waals surface area (Å²) in [7, 11) is 1.63. The number of anilines is 1. The van der Waals surface area contributed by atoms with Crippen molar-refractivity contribution in [2.45, 2.75) is 12.8 Å². The Bertz CT molecular complexity index is 493. The van der Waals surface area contributed by atoms with Gasteiger partial charge >= 0.3 is 0 Å². The molecule has 1 fully saturated rings. The van der Waals surface area contributed by atoms with Crippen LogP contribution in [0.4, 0.5) is 5.69 Å². The van der Waals surface area contributed by atoms with Gasteiger partial charge in [-0.05, 0) is 30.7 Å². The average Bonchev–Trinajstić information content (AvgIpc) is 2.53. The number of ether oxygens (including phenoxy) is 1. The molecule has 114 valence electrons. The molecular formula is C15H19N2O4-. The summed E-state index contributed by atoms with van der Waals surface area (Å²) in [6, 6.07) is 7.80. The van der Waals surface area contributed by atoms with Gasteiger partial charge in [0.1, 0.15) is 5.75 Å². The second-order valence-electron chi connectivity index (χ2n) is 4.94. The lowest BCUT2D eigenvalue weighted by Gasteiger charge is -2.36. The first-order chi connectivity index (χ1) is 10.1. The SMILES string of the molecule is COc1ccc(N2CCN(C(=O)CCC(=O)[O-])CC2)cc1. The molecule has 1 aliphatic rings. The lowest BCUT2D eigenvalue weighted by molar-refractivity contribution is -0.305. The normalized spacial score (nSPS) is 14.9. The van der Waals surface area contributed by atoms with Crippen molar-refractivity contribution in [2.24, 2.45) is 0 Å². The van der Waals surface area contributed by atoms with Crippen LogP contribution in [0.25, 0.3) is 0 Å². The Kier molecular flexibility index (Phi) is 5.03. The molecule has 1 amide bonds. The van der Waals surface area contributed by atoms with E-state index in [1.807, 2.05) is 24.3 Å². The summed E-state index contributed by atoms with van der Waals surface area (Å²) in [5.74, 6) is -0.483. The highest BCUT2D eigenvalue weighted by Gasteiger charge is 2.20. The monoisotopic (exact) mass is 291 g/mol. The molecule has 0 radical (unpaired) electrons. The largest absolute Gasteiger partial charge is 0.550 e. The van der Waals surface area contributed by atoms with E-state index in [0.717, 1.165) is 24.5 Å². The Labute approximate surface area is 123 Å². The van der Waals surface area contributed by atoms with Crippen LogP contribution in [0.15, 0.2) is 24.3 Å². The van der Waals surface area contributed by atoms with Crippen LogP contribution in [0, 0.1) is 0 Å². The van der Waals surface area contributed by atoms with Gasteiger partial charge < -0.3 is 24.4 Å². The van der Waals surface area contributed by atoms with E-state index in [-0.39, 0.29) is 18.7 Å². The van der Waals surface area contributed by atoms with E-state index in [4.69, 9.17) is 4.74 Å². The van der Waals surface area contributed by atoms with Gasteiger partial charge in [-0.2, -0.15) is 0 Å². The Balaban J connectivity index is 1.84. The summed E-state index contributed by atoms with van der Waals surface area (Å²) in [4.78, 5) is 26.1. The fraction of sp³-hybridized carbons (Fsp3) is 0.467. The number of methoxy groups -OCH3 is 1. The zero-order chi connectivity index (χ0) is 15.2. The van der Waals surface area contributed by atoms with Gasteiger partial charge in [0.2, 0.25) is 5.91 Å². The molecule has 0 atom stereocenters. The topological polar surface area (TPSA) is 72.9 Å². The molecule has 1 saturated heterocycles. The zero-order valence-electron chi connectivity index (χ0n) is 12.1. The van der Waals surface area contributed by atoms with Crippen LogP contribution < -0.4 is 14.7 Å². The summed E-state index contributed by atoms with van der Waals surface area (Å²) >= 11 is 0. The van der Waals surface area contributed by atoms with E-state index in [9.17, 15) is 14.7 Å². The van der Waals surface area contributed by atoms with Crippen molar-refractivity contribution < 1.29 is 19.4 Å². The number of piperazine rings is 1. The molecule has 0 spiro atoms. The molecular weight excluding hydrogens is 272 g/mol. The van der Waals surface area contributed by atoms with E-state index in [0.29, 0.717) is 13.1 Å². The minimum Gasteiger partial charge on any atom is -0.550 e. The molecule has 0 N–H and O–H groups in total. The number of carboxylic acid groups (broad SMARTS) is 1. The number of aliphatic carboxylic acids is 1. The number of carbonyl (C=O) groups is 2. The lowest BCUT2D eigenvalue weighted by Crippen LogP contribution is -2.49. The smallest absolute Gasteiger partial charge is 0.223 e. The van der Waals surface area contributed by atoms with Crippen molar-refractivity contribution in [1.29, 1.82) is 0 Å². The van der Waals surface area contributed by atoms with Gasteiger partial charge in [-0.25, -0.2) is 0 Å². The number of carboxylic acids is 1. The summed E-state index contributed by atoms with van der Waals surface area (Å²) in [6.07, 6.45) is -0.192. The van der Waals surface area contributed by atoms with Crippen LogP contribution in [0.1, 0.15) is 12.8 Å². The fourth-order valence-electron chi connectivity index (χ4n) is 2.37. The predicted octanol–water partition coefficient (Wildman–Crippen LogP) is -0.126. The average molecular weight is 291 g/mol. The zero-order valence-corrected chi connectivity index (χ0v) is 12.1.